The van der Waals surface area contributed by atoms with E-state index in [1.807, 2.05) is 6.07 Å². The third kappa shape index (κ3) is 3.55. The van der Waals surface area contributed by atoms with Crippen LogP contribution in [0.15, 0.2) is 12.1 Å². The van der Waals surface area contributed by atoms with Gasteiger partial charge >= 0.3 is 0 Å². The van der Waals surface area contributed by atoms with Crippen molar-refractivity contribution in [3.8, 4) is 0 Å². The van der Waals surface area contributed by atoms with Crippen molar-refractivity contribution in [2.24, 2.45) is 0 Å². The SMILES string of the molecule is CCC1COCCN1c1cc(CS(=O)(=O)C2CC2)cc(Cl)n1. The summed E-state index contributed by atoms with van der Waals surface area (Å²) in [6.07, 6.45) is 2.52. The largest absolute Gasteiger partial charge is 0.377 e. The zero-order valence-electron chi connectivity index (χ0n) is 12.7. The smallest absolute Gasteiger partial charge is 0.157 e. The number of aromatic nitrogens is 1. The molecule has 1 aromatic heterocycles. The molecule has 1 unspecified atom stereocenters. The summed E-state index contributed by atoms with van der Waals surface area (Å²) in [5.41, 5.74) is 0.725. The van der Waals surface area contributed by atoms with Crippen molar-refractivity contribution in [3.63, 3.8) is 0 Å². The number of rotatable bonds is 5. The van der Waals surface area contributed by atoms with E-state index >= 15 is 0 Å². The van der Waals surface area contributed by atoms with Crippen LogP contribution in [0.25, 0.3) is 0 Å². The summed E-state index contributed by atoms with van der Waals surface area (Å²) < 4.78 is 29.9. The summed E-state index contributed by atoms with van der Waals surface area (Å²) in [5.74, 6) is 0.803. The van der Waals surface area contributed by atoms with Crippen molar-refractivity contribution in [1.82, 2.24) is 4.98 Å². The van der Waals surface area contributed by atoms with Crippen molar-refractivity contribution < 1.29 is 13.2 Å². The predicted octanol–water partition coefficient (Wildman–Crippen LogP) is 2.43. The summed E-state index contributed by atoms with van der Waals surface area (Å²) in [6, 6.07) is 3.78. The Morgan fingerprint density at radius 2 is 2.18 bits per heavy atom. The van der Waals surface area contributed by atoms with E-state index < -0.39 is 9.84 Å². The Morgan fingerprint density at radius 3 is 2.86 bits per heavy atom. The standard InChI is InChI=1S/C15H21ClN2O3S/c1-2-12-9-21-6-5-18(12)15-8-11(7-14(16)17-15)10-22(19,20)13-3-4-13/h7-8,12-13H,2-6,9-10H2,1H3. The highest BCUT2D eigenvalue weighted by atomic mass is 35.5. The van der Waals surface area contributed by atoms with Gasteiger partial charge in [0, 0.05) is 6.54 Å². The fraction of sp³-hybridized carbons (Fsp3) is 0.667. The summed E-state index contributed by atoms with van der Waals surface area (Å²) in [7, 11) is -3.05. The molecule has 1 atom stereocenters. The lowest BCUT2D eigenvalue weighted by Gasteiger charge is -2.36. The summed E-state index contributed by atoms with van der Waals surface area (Å²) in [4.78, 5) is 6.56. The van der Waals surface area contributed by atoms with Crippen molar-refractivity contribution >= 4 is 27.3 Å². The Morgan fingerprint density at radius 1 is 1.41 bits per heavy atom. The van der Waals surface area contributed by atoms with Gasteiger partial charge in [-0.25, -0.2) is 13.4 Å². The topological polar surface area (TPSA) is 59.5 Å². The van der Waals surface area contributed by atoms with E-state index in [1.165, 1.54) is 0 Å². The van der Waals surface area contributed by atoms with Crippen LogP contribution in [-0.2, 0) is 20.3 Å². The fourth-order valence-corrected chi connectivity index (χ4v) is 4.78. The van der Waals surface area contributed by atoms with Gasteiger partial charge in [0.1, 0.15) is 11.0 Å². The molecule has 0 N–H and O–H groups in total. The molecule has 2 fully saturated rings. The first kappa shape index (κ1) is 16.0. The lowest BCUT2D eigenvalue weighted by atomic mass is 10.1. The predicted molar refractivity (Wildman–Crippen MR) is 87.1 cm³/mol. The van der Waals surface area contributed by atoms with Crippen molar-refractivity contribution in [2.75, 3.05) is 24.7 Å². The molecule has 3 rings (SSSR count). The second-order valence-electron chi connectivity index (χ2n) is 5.99. The van der Waals surface area contributed by atoms with Gasteiger partial charge < -0.3 is 9.64 Å². The lowest BCUT2D eigenvalue weighted by Crippen LogP contribution is -2.45. The van der Waals surface area contributed by atoms with E-state index in [2.05, 4.69) is 16.8 Å². The molecular formula is C15H21ClN2O3S. The van der Waals surface area contributed by atoms with Crippen molar-refractivity contribution in [3.05, 3.63) is 22.8 Å². The van der Waals surface area contributed by atoms with Crippen LogP contribution in [-0.4, -0.2) is 44.5 Å². The van der Waals surface area contributed by atoms with E-state index in [0.29, 0.717) is 18.4 Å². The summed E-state index contributed by atoms with van der Waals surface area (Å²) in [6.45, 7) is 4.18. The molecular weight excluding hydrogens is 324 g/mol. The van der Waals surface area contributed by atoms with E-state index in [4.69, 9.17) is 16.3 Å². The van der Waals surface area contributed by atoms with Gasteiger partial charge in [0.25, 0.3) is 0 Å². The molecule has 22 heavy (non-hydrogen) atoms. The molecule has 0 bridgehead atoms. The minimum atomic E-state index is -3.05. The Hall–Kier alpha value is -0.850. The quantitative estimate of drug-likeness (QED) is 0.768. The van der Waals surface area contributed by atoms with Gasteiger partial charge in [-0.1, -0.05) is 18.5 Å². The van der Waals surface area contributed by atoms with Gasteiger partial charge in [-0.15, -0.1) is 0 Å². The van der Waals surface area contributed by atoms with Crippen LogP contribution in [0.3, 0.4) is 0 Å². The molecule has 1 saturated heterocycles. The van der Waals surface area contributed by atoms with E-state index in [9.17, 15) is 8.42 Å². The number of morpholine rings is 1. The van der Waals surface area contributed by atoms with Crippen LogP contribution in [0.5, 0.6) is 0 Å². The number of hydrogen-bond donors (Lipinski definition) is 0. The van der Waals surface area contributed by atoms with Gasteiger partial charge in [0.15, 0.2) is 9.84 Å². The minimum absolute atomic E-state index is 0.0496. The zero-order valence-corrected chi connectivity index (χ0v) is 14.2. The molecule has 2 aliphatic rings. The number of halogens is 1. The highest BCUT2D eigenvalue weighted by molar-refractivity contribution is 7.91. The van der Waals surface area contributed by atoms with Gasteiger partial charge in [0.05, 0.1) is 30.3 Å². The van der Waals surface area contributed by atoms with Crippen molar-refractivity contribution in [1.29, 1.82) is 0 Å². The van der Waals surface area contributed by atoms with Gasteiger partial charge in [0.2, 0.25) is 0 Å². The molecule has 122 valence electrons. The van der Waals surface area contributed by atoms with Gasteiger partial charge in [-0.2, -0.15) is 0 Å². The molecule has 5 nitrogen and oxygen atoms in total. The number of anilines is 1. The lowest BCUT2D eigenvalue weighted by molar-refractivity contribution is 0.0925. The Balaban J connectivity index is 1.85. The first-order valence-electron chi connectivity index (χ1n) is 7.72. The number of nitrogens with zero attached hydrogens (tertiary/aromatic N) is 2. The number of ether oxygens (including phenoxy) is 1. The van der Waals surface area contributed by atoms with Crippen molar-refractivity contribution in [2.45, 2.75) is 43.2 Å². The average Bonchev–Trinajstić information content (AvgIpc) is 3.31. The number of pyridine rings is 1. The fourth-order valence-electron chi connectivity index (χ4n) is 2.84. The molecule has 2 heterocycles. The molecule has 7 heteroatoms. The maximum absolute atomic E-state index is 12.2. The third-order valence-corrected chi connectivity index (χ3v) is 6.65. The molecule has 0 aromatic carbocycles. The Kier molecular flexibility index (Phi) is 4.61. The van der Waals surface area contributed by atoms with Crippen LogP contribution in [0.4, 0.5) is 5.82 Å². The van der Waals surface area contributed by atoms with E-state index in [-0.39, 0.29) is 17.0 Å². The molecule has 1 aliphatic carbocycles. The summed E-state index contributed by atoms with van der Waals surface area (Å²) in [5, 5.41) is 0.189. The van der Waals surface area contributed by atoms with E-state index in [1.54, 1.807) is 6.07 Å². The Bertz CT molecular complexity index is 646. The summed E-state index contributed by atoms with van der Waals surface area (Å²) >= 11 is 6.12. The zero-order chi connectivity index (χ0) is 15.7. The normalized spacial score (nSPS) is 22.8. The van der Waals surface area contributed by atoms with Crippen LogP contribution >= 0.6 is 11.6 Å². The highest BCUT2D eigenvalue weighted by Crippen LogP contribution is 2.32. The van der Waals surface area contributed by atoms with E-state index in [0.717, 1.165) is 37.2 Å². The molecule has 0 radical (unpaired) electrons. The van der Waals surface area contributed by atoms with Crippen LogP contribution in [0.2, 0.25) is 5.15 Å². The minimum Gasteiger partial charge on any atom is -0.377 e. The average molecular weight is 345 g/mol. The maximum Gasteiger partial charge on any atom is 0.157 e. The third-order valence-electron chi connectivity index (χ3n) is 4.23. The molecule has 1 saturated carbocycles. The maximum atomic E-state index is 12.2. The second kappa shape index (κ2) is 6.34. The molecule has 0 spiro atoms. The first-order chi connectivity index (χ1) is 10.5. The highest BCUT2D eigenvalue weighted by Gasteiger charge is 2.35. The molecule has 0 amide bonds. The van der Waals surface area contributed by atoms with Crippen LogP contribution in [0.1, 0.15) is 31.7 Å². The van der Waals surface area contributed by atoms with Gasteiger partial charge in [-0.3, -0.25) is 0 Å². The van der Waals surface area contributed by atoms with Gasteiger partial charge in [-0.05, 0) is 37.0 Å². The first-order valence-corrected chi connectivity index (χ1v) is 9.81. The number of sulfone groups is 1. The molecule has 1 aromatic rings. The number of hydrogen-bond acceptors (Lipinski definition) is 5. The molecule has 1 aliphatic heterocycles. The van der Waals surface area contributed by atoms with Crippen LogP contribution < -0.4 is 4.90 Å². The van der Waals surface area contributed by atoms with Crippen LogP contribution in [0, 0.1) is 0 Å². The second-order valence-corrected chi connectivity index (χ2v) is 8.66. The Labute approximate surface area is 136 Å². The monoisotopic (exact) mass is 344 g/mol.